The van der Waals surface area contributed by atoms with Crippen LogP contribution in [0.5, 0.6) is 17.4 Å². The van der Waals surface area contributed by atoms with Crippen LogP contribution >= 0.6 is 0 Å². The monoisotopic (exact) mass is 375 g/mol. The Morgan fingerprint density at radius 1 is 0.963 bits per heavy atom. The van der Waals surface area contributed by atoms with E-state index in [1.54, 1.807) is 36.3 Å². The van der Waals surface area contributed by atoms with E-state index in [0.717, 1.165) is 5.56 Å². The molecule has 0 aliphatic rings. The van der Waals surface area contributed by atoms with Crippen molar-refractivity contribution in [1.82, 2.24) is 9.97 Å². The SMILES string of the molecule is CN(Cc1ccc(OC(F)F)cc1)c1nccc(Oc2ccc(F)cc2)n1. The highest BCUT2D eigenvalue weighted by Crippen LogP contribution is 2.22. The van der Waals surface area contributed by atoms with Crippen LogP contribution in [0.15, 0.2) is 60.8 Å². The smallest absolute Gasteiger partial charge is 0.387 e. The van der Waals surface area contributed by atoms with Gasteiger partial charge in [-0.1, -0.05) is 12.1 Å². The lowest BCUT2D eigenvalue weighted by molar-refractivity contribution is -0.0498. The number of anilines is 1. The molecule has 0 aliphatic heterocycles. The van der Waals surface area contributed by atoms with Gasteiger partial charge in [-0.2, -0.15) is 13.8 Å². The Balaban J connectivity index is 1.66. The third-order valence-electron chi connectivity index (χ3n) is 3.56. The van der Waals surface area contributed by atoms with E-state index in [-0.39, 0.29) is 11.6 Å². The van der Waals surface area contributed by atoms with Crippen molar-refractivity contribution in [3.63, 3.8) is 0 Å². The largest absolute Gasteiger partial charge is 0.439 e. The standard InChI is InChI=1S/C19H16F3N3O2/c1-25(12-13-2-6-16(7-3-13)27-18(21)22)19-23-11-10-17(24-19)26-15-8-4-14(20)5-9-15/h2-11,18H,12H2,1H3. The van der Waals surface area contributed by atoms with Crippen molar-refractivity contribution in [3.05, 3.63) is 72.2 Å². The van der Waals surface area contributed by atoms with E-state index in [0.29, 0.717) is 24.1 Å². The van der Waals surface area contributed by atoms with Gasteiger partial charge < -0.3 is 14.4 Å². The number of ether oxygens (including phenoxy) is 2. The lowest BCUT2D eigenvalue weighted by atomic mass is 10.2. The molecular weight excluding hydrogens is 359 g/mol. The molecule has 0 fully saturated rings. The van der Waals surface area contributed by atoms with Gasteiger partial charge in [0.1, 0.15) is 17.3 Å². The average molecular weight is 375 g/mol. The lowest BCUT2D eigenvalue weighted by Crippen LogP contribution is -2.19. The van der Waals surface area contributed by atoms with Crippen molar-refractivity contribution in [1.29, 1.82) is 0 Å². The minimum atomic E-state index is -2.85. The predicted octanol–water partition coefficient (Wildman–Crippen LogP) is 4.65. The van der Waals surface area contributed by atoms with E-state index in [4.69, 9.17) is 4.74 Å². The summed E-state index contributed by atoms with van der Waals surface area (Å²) in [5, 5.41) is 0. The molecule has 0 bridgehead atoms. The molecule has 0 unspecified atom stereocenters. The van der Waals surface area contributed by atoms with Crippen LogP contribution in [0, 0.1) is 5.82 Å². The van der Waals surface area contributed by atoms with E-state index in [9.17, 15) is 13.2 Å². The van der Waals surface area contributed by atoms with E-state index in [1.165, 1.54) is 36.4 Å². The van der Waals surface area contributed by atoms with Crippen LogP contribution < -0.4 is 14.4 Å². The van der Waals surface area contributed by atoms with E-state index in [2.05, 4.69) is 14.7 Å². The van der Waals surface area contributed by atoms with Crippen molar-refractivity contribution >= 4 is 5.95 Å². The van der Waals surface area contributed by atoms with E-state index < -0.39 is 6.61 Å². The Morgan fingerprint density at radius 3 is 2.30 bits per heavy atom. The van der Waals surface area contributed by atoms with E-state index in [1.807, 2.05) is 0 Å². The fourth-order valence-electron chi connectivity index (χ4n) is 2.32. The quantitative estimate of drug-likeness (QED) is 0.602. The van der Waals surface area contributed by atoms with E-state index >= 15 is 0 Å². The summed E-state index contributed by atoms with van der Waals surface area (Å²) in [6.45, 7) is -2.40. The summed E-state index contributed by atoms with van der Waals surface area (Å²) in [4.78, 5) is 10.3. The van der Waals surface area contributed by atoms with Gasteiger partial charge in [0.25, 0.3) is 0 Å². The second kappa shape index (κ2) is 8.39. The van der Waals surface area contributed by atoms with Gasteiger partial charge >= 0.3 is 6.61 Å². The second-order valence-corrected chi connectivity index (χ2v) is 5.63. The molecule has 3 rings (SSSR count). The third kappa shape index (κ3) is 5.34. The van der Waals surface area contributed by atoms with Crippen LogP contribution in [-0.2, 0) is 6.54 Å². The number of rotatable bonds is 7. The van der Waals surface area contributed by atoms with Gasteiger partial charge in [-0.3, -0.25) is 0 Å². The molecule has 5 nitrogen and oxygen atoms in total. The molecule has 3 aromatic rings. The highest BCUT2D eigenvalue weighted by atomic mass is 19.3. The number of halogens is 3. The summed E-state index contributed by atoms with van der Waals surface area (Å²) in [7, 11) is 1.79. The molecule has 0 saturated carbocycles. The number of hydrogen-bond donors (Lipinski definition) is 0. The lowest BCUT2D eigenvalue weighted by Gasteiger charge is -2.17. The van der Waals surface area contributed by atoms with Crippen molar-refractivity contribution in [2.45, 2.75) is 13.2 Å². The number of alkyl halides is 2. The summed E-state index contributed by atoms with van der Waals surface area (Å²) < 4.78 is 47.3. The van der Waals surface area contributed by atoms with Crippen LogP contribution in [0.25, 0.3) is 0 Å². The summed E-state index contributed by atoms with van der Waals surface area (Å²) >= 11 is 0. The Hall–Kier alpha value is -3.29. The van der Waals surface area contributed by atoms with Gasteiger partial charge in [0, 0.05) is 25.9 Å². The number of nitrogens with zero attached hydrogens (tertiary/aromatic N) is 3. The first-order chi connectivity index (χ1) is 13.0. The molecule has 0 N–H and O–H groups in total. The highest BCUT2D eigenvalue weighted by molar-refractivity contribution is 5.36. The molecule has 0 saturated heterocycles. The Labute approximate surface area is 154 Å². The molecule has 0 spiro atoms. The normalized spacial score (nSPS) is 10.7. The average Bonchev–Trinajstić information content (AvgIpc) is 2.65. The topological polar surface area (TPSA) is 47.5 Å². The Kier molecular flexibility index (Phi) is 5.75. The Morgan fingerprint density at radius 2 is 1.63 bits per heavy atom. The first-order valence-corrected chi connectivity index (χ1v) is 8.01. The molecule has 27 heavy (non-hydrogen) atoms. The third-order valence-corrected chi connectivity index (χ3v) is 3.56. The maximum atomic E-state index is 13.0. The second-order valence-electron chi connectivity index (χ2n) is 5.63. The molecule has 8 heteroatoms. The number of benzene rings is 2. The first kappa shape index (κ1) is 18.5. The number of aromatic nitrogens is 2. The van der Waals surface area contributed by atoms with Gasteiger partial charge in [-0.25, -0.2) is 9.37 Å². The predicted molar refractivity (Wildman–Crippen MR) is 93.7 cm³/mol. The zero-order valence-corrected chi connectivity index (χ0v) is 14.3. The van der Waals surface area contributed by atoms with Crippen LogP contribution in [0.3, 0.4) is 0 Å². The van der Waals surface area contributed by atoms with Gasteiger partial charge in [0.05, 0.1) is 0 Å². The van der Waals surface area contributed by atoms with Crippen molar-refractivity contribution in [2.75, 3.05) is 11.9 Å². The molecule has 1 heterocycles. The van der Waals surface area contributed by atoms with Crippen LogP contribution in [0.1, 0.15) is 5.56 Å². The molecule has 2 aromatic carbocycles. The van der Waals surface area contributed by atoms with Gasteiger partial charge in [0.2, 0.25) is 11.8 Å². The maximum Gasteiger partial charge on any atom is 0.387 e. The molecule has 0 atom stereocenters. The minimum absolute atomic E-state index is 0.0994. The van der Waals surface area contributed by atoms with Crippen LogP contribution in [0.4, 0.5) is 19.1 Å². The van der Waals surface area contributed by atoms with Crippen LogP contribution in [0.2, 0.25) is 0 Å². The fourth-order valence-corrected chi connectivity index (χ4v) is 2.32. The van der Waals surface area contributed by atoms with Gasteiger partial charge in [0.15, 0.2) is 0 Å². The maximum absolute atomic E-state index is 13.0. The summed E-state index contributed by atoms with van der Waals surface area (Å²) in [5.74, 6) is 0.942. The molecule has 0 radical (unpaired) electrons. The first-order valence-electron chi connectivity index (χ1n) is 8.01. The summed E-state index contributed by atoms with van der Waals surface area (Å²) in [5.41, 5.74) is 0.868. The highest BCUT2D eigenvalue weighted by Gasteiger charge is 2.09. The van der Waals surface area contributed by atoms with Crippen molar-refractivity contribution in [2.24, 2.45) is 0 Å². The molecule has 0 aliphatic carbocycles. The molecule has 1 aromatic heterocycles. The minimum Gasteiger partial charge on any atom is -0.439 e. The fraction of sp³-hybridized carbons (Fsp3) is 0.158. The van der Waals surface area contributed by atoms with Gasteiger partial charge in [-0.15, -0.1) is 0 Å². The van der Waals surface area contributed by atoms with Crippen molar-refractivity contribution < 1.29 is 22.6 Å². The molecule has 0 amide bonds. The zero-order valence-electron chi connectivity index (χ0n) is 14.3. The van der Waals surface area contributed by atoms with Crippen molar-refractivity contribution in [3.8, 4) is 17.4 Å². The summed E-state index contributed by atoms with van der Waals surface area (Å²) in [6.07, 6.45) is 1.55. The Bertz CT molecular complexity index is 874. The summed E-state index contributed by atoms with van der Waals surface area (Å²) in [6, 6.07) is 13.5. The van der Waals surface area contributed by atoms with Gasteiger partial charge in [-0.05, 0) is 42.0 Å². The molecular formula is C19H16F3N3O2. The number of hydrogen-bond acceptors (Lipinski definition) is 5. The van der Waals surface area contributed by atoms with Crippen LogP contribution in [-0.4, -0.2) is 23.6 Å². The molecule has 140 valence electrons. The zero-order chi connectivity index (χ0) is 19.2.